The SMILES string of the molecule is Cc1cc(F)ccc1S(=O)(=O)N(C)C(C)CBr. The maximum absolute atomic E-state index is 12.9. The van der Waals surface area contributed by atoms with E-state index in [4.69, 9.17) is 0 Å². The fraction of sp³-hybridized carbons (Fsp3) is 0.455. The third-order valence-corrected chi connectivity index (χ3v) is 5.71. The van der Waals surface area contributed by atoms with Crippen LogP contribution >= 0.6 is 15.9 Å². The molecule has 0 amide bonds. The second-order valence-electron chi connectivity index (χ2n) is 3.93. The van der Waals surface area contributed by atoms with Gasteiger partial charge in [0, 0.05) is 18.4 Å². The van der Waals surface area contributed by atoms with E-state index in [-0.39, 0.29) is 10.9 Å². The van der Waals surface area contributed by atoms with Gasteiger partial charge >= 0.3 is 0 Å². The smallest absolute Gasteiger partial charge is 0.207 e. The van der Waals surface area contributed by atoms with E-state index in [2.05, 4.69) is 15.9 Å². The molecule has 96 valence electrons. The molecule has 0 N–H and O–H groups in total. The minimum atomic E-state index is -3.56. The fourth-order valence-corrected chi connectivity index (χ4v) is 3.58. The van der Waals surface area contributed by atoms with Crippen LogP contribution in [0.1, 0.15) is 12.5 Å². The van der Waals surface area contributed by atoms with Crippen molar-refractivity contribution in [2.45, 2.75) is 24.8 Å². The first kappa shape index (κ1) is 14.6. The Morgan fingerprint density at radius 2 is 2.06 bits per heavy atom. The zero-order valence-electron chi connectivity index (χ0n) is 9.94. The van der Waals surface area contributed by atoms with Crippen LogP contribution in [-0.4, -0.2) is 31.1 Å². The summed E-state index contributed by atoms with van der Waals surface area (Å²) in [5, 5.41) is 0.545. The van der Waals surface area contributed by atoms with E-state index in [0.717, 1.165) is 6.07 Å². The van der Waals surface area contributed by atoms with Crippen molar-refractivity contribution in [1.29, 1.82) is 0 Å². The molecule has 0 aromatic heterocycles. The summed E-state index contributed by atoms with van der Waals surface area (Å²) >= 11 is 3.24. The van der Waals surface area contributed by atoms with Gasteiger partial charge in [-0.25, -0.2) is 12.8 Å². The summed E-state index contributed by atoms with van der Waals surface area (Å²) in [5.74, 6) is -0.433. The van der Waals surface area contributed by atoms with Gasteiger partial charge in [-0.2, -0.15) is 4.31 Å². The highest BCUT2D eigenvalue weighted by Gasteiger charge is 2.26. The third kappa shape index (κ3) is 3.05. The lowest BCUT2D eigenvalue weighted by Gasteiger charge is -2.23. The molecule has 0 bridgehead atoms. The predicted octanol–water partition coefficient (Wildman–Crippen LogP) is 2.54. The molecule has 0 aliphatic heterocycles. The number of hydrogen-bond donors (Lipinski definition) is 0. The van der Waals surface area contributed by atoms with Crippen LogP contribution in [0.4, 0.5) is 4.39 Å². The Labute approximate surface area is 110 Å². The number of rotatable bonds is 4. The van der Waals surface area contributed by atoms with Crippen molar-refractivity contribution in [3.8, 4) is 0 Å². The van der Waals surface area contributed by atoms with Crippen LogP contribution in [0.3, 0.4) is 0 Å². The van der Waals surface area contributed by atoms with Crippen LogP contribution in [0.5, 0.6) is 0 Å². The molecule has 17 heavy (non-hydrogen) atoms. The molecule has 0 aliphatic carbocycles. The largest absolute Gasteiger partial charge is 0.243 e. The molecule has 0 fully saturated rings. The van der Waals surface area contributed by atoms with Gasteiger partial charge in [-0.3, -0.25) is 0 Å². The monoisotopic (exact) mass is 323 g/mol. The molecule has 1 aromatic carbocycles. The number of sulfonamides is 1. The highest BCUT2D eigenvalue weighted by molar-refractivity contribution is 9.09. The van der Waals surface area contributed by atoms with Gasteiger partial charge < -0.3 is 0 Å². The van der Waals surface area contributed by atoms with E-state index in [1.165, 1.54) is 23.5 Å². The first-order chi connectivity index (χ1) is 7.80. The Morgan fingerprint density at radius 1 is 1.47 bits per heavy atom. The van der Waals surface area contributed by atoms with Gasteiger partial charge in [-0.1, -0.05) is 15.9 Å². The van der Waals surface area contributed by atoms with Gasteiger partial charge in [0.15, 0.2) is 0 Å². The van der Waals surface area contributed by atoms with Crippen molar-refractivity contribution in [3.05, 3.63) is 29.6 Å². The standard InChI is InChI=1S/C11H15BrFNO2S/c1-8-6-10(13)4-5-11(8)17(15,16)14(3)9(2)7-12/h4-6,9H,7H2,1-3H3. The summed E-state index contributed by atoms with van der Waals surface area (Å²) in [4.78, 5) is 0.147. The third-order valence-electron chi connectivity index (χ3n) is 2.64. The summed E-state index contributed by atoms with van der Waals surface area (Å²) < 4.78 is 38.7. The number of halogens is 2. The van der Waals surface area contributed by atoms with Gasteiger partial charge in [0.1, 0.15) is 5.82 Å². The van der Waals surface area contributed by atoms with Gasteiger partial charge in [-0.05, 0) is 37.6 Å². The highest BCUT2D eigenvalue weighted by atomic mass is 79.9. The average Bonchev–Trinajstić information content (AvgIpc) is 2.26. The molecule has 1 aromatic rings. The van der Waals surface area contributed by atoms with E-state index in [1.54, 1.807) is 13.8 Å². The first-order valence-corrected chi connectivity index (χ1v) is 7.67. The lowest BCUT2D eigenvalue weighted by molar-refractivity contribution is 0.416. The van der Waals surface area contributed by atoms with Crippen molar-refractivity contribution in [2.24, 2.45) is 0 Å². The number of nitrogens with zero attached hydrogens (tertiary/aromatic N) is 1. The minimum Gasteiger partial charge on any atom is -0.207 e. The van der Waals surface area contributed by atoms with Crippen molar-refractivity contribution in [3.63, 3.8) is 0 Å². The summed E-state index contributed by atoms with van der Waals surface area (Å²) in [6, 6.07) is 3.52. The number of benzene rings is 1. The highest BCUT2D eigenvalue weighted by Crippen LogP contribution is 2.21. The molecule has 1 unspecified atom stereocenters. The van der Waals surface area contributed by atoms with Crippen LogP contribution in [0.2, 0.25) is 0 Å². The molecule has 0 aliphatic rings. The van der Waals surface area contributed by atoms with Crippen LogP contribution in [-0.2, 0) is 10.0 Å². The molecule has 3 nitrogen and oxygen atoms in total. The summed E-state index contributed by atoms with van der Waals surface area (Å²) in [5.41, 5.74) is 0.415. The van der Waals surface area contributed by atoms with Gasteiger partial charge in [0.05, 0.1) is 4.90 Å². The molecule has 0 saturated heterocycles. The van der Waals surface area contributed by atoms with Crippen LogP contribution in [0.15, 0.2) is 23.1 Å². The Balaban J connectivity index is 3.22. The molecule has 6 heteroatoms. The second-order valence-corrected chi connectivity index (χ2v) is 6.55. The summed E-state index contributed by atoms with van der Waals surface area (Å²) in [7, 11) is -2.04. The number of alkyl halides is 1. The van der Waals surface area contributed by atoms with Crippen molar-refractivity contribution in [2.75, 3.05) is 12.4 Å². The first-order valence-electron chi connectivity index (χ1n) is 5.11. The zero-order chi connectivity index (χ0) is 13.2. The Morgan fingerprint density at radius 3 is 2.53 bits per heavy atom. The van der Waals surface area contributed by atoms with E-state index in [9.17, 15) is 12.8 Å². The van der Waals surface area contributed by atoms with E-state index >= 15 is 0 Å². The normalized spacial score (nSPS) is 14.0. The molecule has 0 saturated carbocycles. The van der Waals surface area contributed by atoms with Gasteiger partial charge in [0.2, 0.25) is 10.0 Å². The Bertz CT molecular complexity index is 504. The zero-order valence-corrected chi connectivity index (χ0v) is 12.3. The Hall–Kier alpha value is -0.460. The number of aryl methyl sites for hydroxylation is 1. The molecule has 1 rings (SSSR count). The molecule has 1 atom stereocenters. The van der Waals surface area contributed by atoms with E-state index < -0.39 is 15.8 Å². The van der Waals surface area contributed by atoms with Crippen LogP contribution < -0.4 is 0 Å². The summed E-state index contributed by atoms with van der Waals surface area (Å²) in [6.45, 7) is 3.38. The molecule has 0 heterocycles. The summed E-state index contributed by atoms with van der Waals surface area (Å²) in [6.07, 6.45) is 0. The molecular weight excluding hydrogens is 309 g/mol. The van der Waals surface area contributed by atoms with Crippen LogP contribution in [0, 0.1) is 12.7 Å². The predicted molar refractivity (Wildman–Crippen MR) is 69.3 cm³/mol. The topological polar surface area (TPSA) is 37.4 Å². The van der Waals surface area contributed by atoms with Crippen molar-refractivity contribution < 1.29 is 12.8 Å². The van der Waals surface area contributed by atoms with Crippen molar-refractivity contribution in [1.82, 2.24) is 4.31 Å². The lowest BCUT2D eigenvalue weighted by atomic mass is 10.2. The van der Waals surface area contributed by atoms with Crippen molar-refractivity contribution >= 4 is 26.0 Å². The average molecular weight is 324 g/mol. The quantitative estimate of drug-likeness (QED) is 0.798. The maximum Gasteiger partial charge on any atom is 0.243 e. The van der Waals surface area contributed by atoms with E-state index in [1.807, 2.05) is 0 Å². The maximum atomic E-state index is 12.9. The van der Waals surface area contributed by atoms with E-state index in [0.29, 0.717) is 10.9 Å². The Kier molecular flexibility index (Phi) is 4.69. The lowest BCUT2D eigenvalue weighted by Crippen LogP contribution is -2.36. The van der Waals surface area contributed by atoms with Gasteiger partial charge in [0.25, 0.3) is 0 Å². The van der Waals surface area contributed by atoms with Gasteiger partial charge in [-0.15, -0.1) is 0 Å². The fourth-order valence-electron chi connectivity index (χ4n) is 1.39. The molecule has 0 radical (unpaired) electrons. The minimum absolute atomic E-state index is 0.147. The number of hydrogen-bond acceptors (Lipinski definition) is 2. The second kappa shape index (κ2) is 5.46. The molecule has 0 spiro atoms. The molecular formula is C11H15BrFNO2S. The van der Waals surface area contributed by atoms with Crippen LogP contribution in [0.25, 0.3) is 0 Å².